The zero-order valence-corrected chi connectivity index (χ0v) is 11.8. The van der Waals surface area contributed by atoms with Crippen molar-refractivity contribution in [3.63, 3.8) is 0 Å². The van der Waals surface area contributed by atoms with Gasteiger partial charge in [0.2, 0.25) is 0 Å². The molecule has 2 aromatic heterocycles. The smallest absolute Gasteiger partial charge is 0.123 e. The average Bonchev–Trinajstić information content (AvgIpc) is 3.03. The first kappa shape index (κ1) is 14.2. The number of nitrogens with one attached hydrogen (secondary N) is 1. The highest BCUT2D eigenvalue weighted by Crippen LogP contribution is 2.15. The maximum atomic E-state index is 12.9. The topological polar surface area (TPSA) is 63.0 Å². The Kier molecular flexibility index (Phi) is 4.11. The Morgan fingerprint density at radius 2 is 1.95 bits per heavy atom. The maximum Gasteiger partial charge on any atom is 0.123 e. The van der Waals surface area contributed by atoms with Crippen molar-refractivity contribution < 1.29 is 9.50 Å². The van der Waals surface area contributed by atoms with Crippen LogP contribution in [0.3, 0.4) is 0 Å². The van der Waals surface area contributed by atoms with Gasteiger partial charge in [0.1, 0.15) is 5.82 Å². The summed E-state index contributed by atoms with van der Waals surface area (Å²) < 4.78 is 14.6. The summed E-state index contributed by atoms with van der Waals surface area (Å²) in [6.45, 7) is 0.513. The number of benzene rings is 1. The van der Waals surface area contributed by atoms with Gasteiger partial charge in [0.05, 0.1) is 30.4 Å². The summed E-state index contributed by atoms with van der Waals surface area (Å²) >= 11 is 0. The predicted molar refractivity (Wildman–Crippen MR) is 81.0 cm³/mol. The Morgan fingerprint density at radius 1 is 1.14 bits per heavy atom. The molecule has 22 heavy (non-hydrogen) atoms. The van der Waals surface area contributed by atoms with E-state index in [2.05, 4.69) is 15.4 Å². The molecule has 0 amide bonds. The molecule has 0 saturated carbocycles. The van der Waals surface area contributed by atoms with Crippen LogP contribution >= 0.6 is 0 Å². The molecule has 0 aliphatic carbocycles. The lowest BCUT2D eigenvalue weighted by molar-refractivity contribution is 0.282. The van der Waals surface area contributed by atoms with Gasteiger partial charge in [-0.3, -0.25) is 4.98 Å². The van der Waals surface area contributed by atoms with Gasteiger partial charge < -0.3 is 10.4 Å². The van der Waals surface area contributed by atoms with Crippen molar-refractivity contribution >= 4 is 5.69 Å². The number of aliphatic hydroxyl groups excluding tert-OH is 1. The molecule has 1 aromatic carbocycles. The summed E-state index contributed by atoms with van der Waals surface area (Å²) in [4.78, 5) is 4.04. The van der Waals surface area contributed by atoms with Crippen molar-refractivity contribution in [2.75, 3.05) is 5.32 Å². The van der Waals surface area contributed by atoms with E-state index in [1.165, 1.54) is 12.1 Å². The average molecular weight is 298 g/mol. The SMILES string of the molecule is OCc1ccncc1NCc1cnn(-c2ccc(F)cc2)c1. The van der Waals surface area contributed by atoms with Crippen LogP contribution in [0.5, 0.6) is 0 Å². The fourth-order valence-electron chi connectivity index (χ4n) is 2.10. The molecule has 2 N–H and O–H groups in total. The first-order chi connectivity index (χ1) is 10.8. The van der Waals surface area contributed by atoms with E-state index in [4.69, 9.17) is 0 Å². The van der Waals surface area contributed by atoms with E-state index in [0.29, 0.717) is 6.54 Å². The van der Waals surface area contributed by atoms with Crippen molar-refractivity contribution in [2.24, 2.45) is 0 Å². The second kappa shape index (κ2) is 6.36. The van der Waals surface area contributed by atoms with E-state index in [1.54, 1.807) is 41.5 Å². The zero-order valence-electron chi connectivity index (χ0n) is 11.8. The van der Waals surface area contributed by atoms with Crippen LogP contribution in [0.25, 0.3) is 5.69 Å². The molecule has 0 aliphatic rings. The van der Waals surface area contributed by atoms with Crippen molar-refractivity contribution in [2.45, 2.75) is 13.2 Å². The second-order valence-electron chi connectivity index (χ2n) is 4.81. The van der Waals surface area contributed by atoms with Gasteiger partial charge in [0.15, 0.2) is 0 Å². The van der Waals surface area contributed by atoms with E-state index in [1.807, 2.05) is 6.20 Å². The van der Waals surface area contributed by atoms with Crippen LogP contribution in [-0.4, -0.2) is 19.9 Å². The molecular weight excluding hydrogens is 283 g/mol. The summed E-state index contributed by atoms with van der Waals surface area (Å²) in [7, 11) is 0. The molecule has 0 saturated heterocycles. The van der Waals surface area contributed by atoms with Crippen LogP contribution < -0.4 is 5.32 Å². The number of anilines is 1. The van der Waals surface area contributed by atoms with Crippen LogP contribution in [0, 0.1) is 5.82 Å². The number of rotatable bonds is 5. The van der Waals surface area contributed by atoms with Gasteiger partial charge in [-0.15, -0.1) is 0 Å². The van der Waals surface area contributed by atoms with E-state index in [0.717, 1.165) is 22.5 Å². The Hall–Kier alpha value is -2.73. The highest BCUT2D eigenvalue weighted by Gasteiger charge is 2.04. The summed E-state index contributed by atoms with van der Waals surface area (Å²) in [6.07, 6.45) is 6.93. The van der Waals surface area contributed by atoms with Crippen LogP contribution in [0.2, 0.25) is 0 Å². The van der Waals surface area contributed by atoms with Gasteiger partial charge in [0.25, 0.3) is 0 Å². The summed E-state index contributed by atoms with van der Waals surface area (Å²) in [6, 6.07) is 7.91. The minimum absolute atomic E-state index is 0.0420. The minimum atomic E-state index is -0.272. The Bertz CT molecular complexity index is 755. The van der Waals surface area contributed by atoms with E-state index < -0.39 is 0 Å². The fraction of sp³-hybridized carbons (Fsp3) is 0.125. The largest absolute Gasteiger partial charge is 0.392 e. The first-order valence-corrected chi connectivity index (χ1v) is 6.83. The number of nitrogens with zero attached hydrogens (tertiary/aromatic N) is 3. The third-order valence-electron chi connectivity index (χ3n) is 3.29. The maximum absolute atomic E-state index is 12.9. The van der Waals surface area contributed by atoms with Gasteiger partial charge in [-0.2, -0.15) is 5.10 Å². The molecule has 3 aromatic rings. The molecule has 0 atom stereocenters. The fourth-order valence-corrected chi connectivity index (χ4v) is 2.10. The van der Waals surface area contributed by atoms with Crippen LogP contribution in [0.1, 0.15) is 11.1 Å². The van der Waals surface area contributed by atoms with Gasteiger partial charge in [-0.05, 0) is 30.3 Å². The molecule has 6 heteroatoms. The quantitative estimate of drug-likeness (QED) is 0.760. The van der Waals surface area contributed by atoms with Crippen molar-refractivity contribution in [1.82, 2.24) is 14.8 Å². The number of aromatic nitrogens is 3. The Morgan fingerprint density at radius 3 is 2.73 bits per heavy atom. The van der Waals surface area contributed by atoms with Gasteiger partial charge in [-0.1, -0.05) is 0 Å². The van der Waals surface area contributed by atoms with Gasteiger partial charge in [0, 0.05) is 30.1 Å². The number of hydrogen-bond acceptors (Lipinski definition) is 4. The number of halogens is 1. The van der Waals surface area contributed by atoms with E-state index in [-0.39, 0.29) is 12.4 Å². The molecule has 112 valence electrons. The standard InChI is InChI=1S/C16H15FN4O/c17-14-1-3-15(4-2-14)21-10-12(8-20-21)7-19-16-9-18-6-5-13(16)11-22/h1-6,8-10,19,22H,7,11H2. The van der Waals surface area contributed by atoms with Crippen molar-refractivity contribution in [1.29, 1.82) is 0 Å². The number of aliphatic hydroxyl groups is 1. The molecule has 0 spiro atoms. The number of hydrogen-bond donors (Lipinski definition) is 2. The zero-order chi connectivity index (χ0) is 15.4. The Balaban J connectivity index is 1.71. The molecule has 2 heterocycles. The monoisotopic (exact) mass is 298 g/mol. The summed E-state index contributed by atoms with van der Waals surface area (Å²) in [5.74, 6) is -0.272. The molecule has 0 radical (unpaired) electrons. The Labute approximate surface area is 127 Å². The predicted octanol–water partition coefficient (Wildman–Crippen LogP) is 2.51. The van der Waals surface area contributed by atoms with Crippen molar-refractivity contribution in [3.05, 3.63) is 72.1 Å². The molecule has 3 rings (SSSR count). The van der Waals surface area contributed by atoms with Crippen molar-refractivity contribution in [3.8, 4) is 5.69 Å². The molecule has 0 unspecified atom stereocenters. The molecule has 0 fully saturated rings. The number of pyridine rings is 1. The lowest BCUT2D eigenvalue weighted by Gasteiger charge is -2.08. The van der Waals surface area contributed by atoms with Crippen LogP contribution in [0.15, 0.2) is 55.1 Å². The lowest BCUT2D eigenvalue weighted by Crippen LogP contribution is -2.02. The van der Waals surface area contributed by atoms with Gasteiger partial charge in [-0.25, -0.2) is 9.07 Å². The third-order valence-corrected chi connectivity index (χ3v) is 3.29. The summed E-state index contributed by atoms with van der Waals surface area (Å²) in [5, 5.41) is 16.8. The highest BCUT2D eigenvalue weighted by atomic mass is 19.1. The summed E-state index contributed by atoms with van der Waals surface area (Å²) in [5.41, 5.74) is 3.35. The molecular formula is C16H15FN4O. The van der Waals surface area contributed by atoms with Crippen LogP contribution in [0.4, 0.5) is 10.1 Å². The molecule has 0 bridgehead atoms. The third kappa shape index (κ3) is 3.12. The highest BCUT2D eigenvalue weighted by molar-refractivity contribution is 5.48. The first-order valence-electron chi connectivity index (χ1n) is 6.83. The second-order valence-corrected chi connectivity index (χ2v) is 4.81. The van der Waals surface area contributed by atoms with Gasteiger partial charge >= 0.3 is 0 Å². The van der Waals surface area contributed by atoms with E-state index >= 15 is 0 Å². The molecule has 5 nitrogen and oxygen atoms in total. The van der Waals surface area contributed by atoms with E-state index in [9.17, 15) is 9.50 Å². The minimum Gasteiger partial charge on any atom is -0.392 e. The van der Waals surface area contributed by atoms with Crippen LogP contribution in [-0.2, 0) is 13.2 Å². The molecule has 0 aliphatic heterocycles. The normalized spacial score (nSPS) is 10.6. The lowest BCUT2D eigenvalue weighted by atomic mass is 10.2.